The Morgan fingerprint density at radius 2 is 1.10 bits per heavy atom. The van der Waals surface area contributed by atoms with Crippen LogP contribution in [0.5, 0.6) is 0 Å². The van der Waals surface area contributed by atoms with Crippen LogP contribution in [0.1, 0.15) is 13.8 Å². The molecule has 0 amide bonds. The van der Waals surface area contributed by atoms with Gasteiger partial charge in [-0.1, -0.05) is 23.2 Å². The molecule has 4 heteroatoms. The van der Waals surface area contributed by atoms with E-state index in [1.165, 1.54) is 11.1 Å². The molecule has 0 aromatic rings. The molecule has 0 fully saturated rings. The maximum atomic E-state index is 5.48. The molecule has 2 unspecified atom stereocenters. The van der Waals surface area contributed by atoms with E-state index in [9.17, 15) is 0 Å². The Bertz CT molecular complexity index is 67.8. The molecule has 10 heavy (non-hydrogen) atoms. The zero-order valence-electron chi connectivity index (χ0n) is 5.82. The van der Waals surface area contributed by atoms with Crippen molar-refractivity contribution in [3.05, 3.63) is 11.1 Å². The van der Waals surface area contributed by atoms with Crippen LogP contribution >= 0.6 is 46.4 Å². The second-order valence-corrected chi connectivity index (χ2v) is 3.49. The van der Waals surface area contributed by atoms with Gasteiger partial charge in [0.25, 0.3) is 0 Å². The summed E-state index contributed by atoms with van der Waals surface area (Å²) < 4.78 is 0. The van der Waals surface area contributed by atoms with Crippen LogP contribution in [0.2, 0.25) is 0 Å². The number of alkyl halides is 2. The number of halogens is 4. The first kappa shape index (κ1) is 13.5. The summed E-state index contributed by atoms with van der Waals surface area (Å²) in [6.45, 7) is 3.75. The van der Waals surface area contributed by atoms with Gasteiger partial charge in [0.05, 0.1) is 0 Å². The Morgan fingerprint density at radius 3 is 1.10 bits per heavy atom. The summed E-state index contributed by atoms with van der Waals surface area (Å²) in [6.07, 6.45) is 0. The molecular weight excluding hydrogens is 214 g/mol. The smallest absolute Gasteiger partial charge is 0.0468 e. The van der Waals surface area contributed by atoms with Crippen LogP contribution in [0.3, 0.4) is 0 Å². The molecule has 0 aliphatic carbocycles. The molecule has 0 nitrogen and oxygen atoms in total. The fraction of sp³-hybridized carbons (Fsp3) is 0.667. The normalized spacial score (nSPS) is 15.8. The van der Waals surface area contributed by atoms with Gasteiger partial charge in [0.1, 0.15) is 0 Å². The monoisotopic (exact) mass is 222 g/mol. The molecule has 0 saturated heterocycles. The van der Waals surface area contributed by atoms with Gasteiger partial charge in [-0.3, -0.25) is 0 Å². The summed E-state index contributed by atoms with van der Waals surface area (Å²) in [4.78, 5) is 0. The highest BCUT2D eigenvalue weighted by molar-refractivity contribution is 6.33. The molecule has 0 N–H and O–H groups in total. The predicted molar refractivity (Wildman–Crippen MR) is 51.5 cm³/mol. The van der Waals surface area contributed by atoms with Crippen LogP contribution in [0.15, 0.2) is 11.1 Å². The minimum Gasteiger partial charge on any atom is -0.122 e. The van der Waals surface area contributed by atoms with Crippen molar-refractivity contribution in [1.29, 1.82) is 0 Å². The van der Waals surface area contributed by atoms with E-state index in [1.807, 2.05) is 13.8 Å². The fourth-order valence-corrected chi connectivity index (χ4v) is 0. The topological polar surface area (TPSA) is 0 Å². The molecule has 0 heterocycles. The predicted octanol–water partition coefficient (Wildman–Crippen LogP) is 4.18. The maximum absolute atomic E-state index is 5.48. The molecule has 0 aromatic heterocycles. The number of rotatable bonds is 1. The molecule has 0 aliphatic heterocycles. The van der Waals surface area contributed by atoms with E-state index in [-0.39, 0.29) is 10.8 Å². The molecule has 62 valence electrons. The van der Waals surface area contributed by atoms with Gasteiger partial charge in [0, 0.05) is 21.8 Å². The molecule has 0 radical (unpaired) electrons. The lowest BCUT2D eigenvalue weighted by atomic mass is 10.4. The van der Waals surface area contributed by atoms with Crippen LogP contribution in [-0.2, 0) is 0 Å². The summed E-state index contributed by atoms with van der Waals surface area (Å²) in [5.74, 6) is 0. The van der Waals surface area contributed by atoms with Gasteiger partial charge >= 0.3 is 0 Å². The van der Waals surface area contributed by atoms with Crippen molar-refractivity contribution in [3.8, 4) is 0 Å². The van der Waals surface area contributed by atoms with Crippen LogP contribution < -0.4 is 0 Å². The SMILES string of the molecule is CC(Cl)C(C)Cl.Cl/C=C/Cl. The second-order valence-electron chi connectivity index (χ2n) is 1.61. The zero-order chi connectivity index (χ0) is 8.57. The van der Waals surface area contributed by atoms with E-state index in [0.29, 0.717) is 0 Å². The van der Waals surface area contributed by atoms with Gasteiger partial charge in [-0.05, 0) is 13.8 Å². The summed E-state index contributed by atoms with van der Waals surface area (Å²) in [6, 6.07) is 0. The Hall–Kier alpha value is 0.900. The average Bonchev–Trinajstić information content (AvgIpc) is 1.89. The van der Waals surface area contributed by atoms with E-state index in [2.05, 4.69) is 0 Å². The summed E-state index contributed by atoms with van der Waals surface area (Å²) in [7, 11) is 0. The summed E-state index contributed by atoms with van der Waals surface area (Å²) in [5.41, 5.74) is 2.48. The zero-order valence-corrected chi connectivity index (χ0v) is 8.84. The fourth-order valence-electron chi connectivity index (χ4n) is 0. The van der Waals surface area contributed by atoms with Crippen molar-refractivity contribution < 1.29 is 0 Å². The third-order valence-electron chi connectivity index (χ3n) is 0.681. The van der Waals surface area contributed by atoms with Crippen molar-refractivity contribution >= 4 is 46.4 Å². The standard InChI is InChI=1S/C4H8Cl2.C2H2Cl2/c1-3(5)4(2)6;3-1-2-4/h3-4H,1-2H3;1-2H/b;2-1+. The molecule has 0 bridgehead atoms. The third kappa shape index (κ3) is 16.0. The minimum atomic E-state index is 0.0895. The lowest BCUT2D eigenvalue weighted by molar-refractivity contribution is 0.905. The number of hydrogen-bond acceptors (Lipinski definition) is 0. The summed E-state index contributed by atoms with van der Waals surface area (Å²) in [5, 5.41) is 0.179. The van der Waals surface area contributed by atoms with Crippen LogP contribution in [-0.4, -0.2) is 10.8 Å². The van der Waals surface area contributed by atoms with Gasteiger partial charge in [0.2, 0.25) is 0 Å². The second kappa shape index (κ2) is 9.90. The van der Waals surface area contributed by atoms with Crippen molar-refractivity contribution in [1.82, 2.24) is 0 Å². The van der Waals surface area contributed by atoms with Crippen molar-refractivity contribution in [2.75, 3.05) is 0 Å². The Morgan fingerprint density at radius 1 is 0.900 bits per heavy atom. The quantitative estimate of drug-likeness (QED) is 0.586. The van der Waals surface area contributed by atoms with Crippen molar-refractivity contribution in [2.45, 2.75) is 24.6 Å². The average molecular weight is 224 g/mol. The van der Waals surface area contributed by atoms with E-state index in [1.54, 1.807) is 0 Å². The van der Waals surface area contributed by atoms with Crippen LogP contribution in [0, 0.1) is 0 Å². The molecule has 0 spiro atoms. The van der Waals surface area contributed by atoms with Crippen molar-refractivity contribution in [3.63, 3.8) is 0 Å². The van der Waals surface area contributed by atoms with Crippen LogP contribution in [0.4, 0.5) is 0 Å². The number of hydrogen-bond donors (Lipinski definition) is 0. The van der Waals surface area contributed by atoms with Crippen LogP contribution in [0.25, 0.3) is 0 Å². The molecule has 0 rings (SSSR count). The van der Waals surface area contributed by atoms with Gasteiger partial charge in [-0.2, -0.15) is 0 Å². The Balaban J connectivity index is 0. The Labute approximate surface area is 82.1 Å². The first-order valence-electron chi connectivity index (χ1n) is 2.69. The van der Waals surface area contributed by atoms with E-state index in [4.69, 9.17) is 46.4 Å². The molecule has 2 atom stereocenters. The Kier molecular flexibility index (Phi) is 13.4. The maximum Gasteiger partial charge on any atom is 0.0468 e. The van der Waals surface area contributed by atoms with E-state index >= 15 is 0 Å². The first-order valence-corrected chi connectivity index (χ1v) is 4.44. The molecule has 0 aromatic carbocycles. The van der Waals surface area contributed by atoms with Gasteiger partial charge < -0.3 is 0 Å². The van der Waals surface area contributed by atoms with Gasteiger partial charge in [-0.25, -0.2) is 0 Å². The van der Waals surface area contributed by atoms with Crippen molar-refractivity contribution in [2.24, 2.45) is 0 Å². The highest BCUT2D eigenvalue weighted by Crippen LogP contribution is 2.06. The largest absolute Gasteiger partial charge is 0.122 e. The third-order valence-corrected chi connectivity index (χ3v) is 1.95. The molecule has 0 aliphatic rings. The molecule has 0 saturated carbocycles. The lowest BCUT2D eigenvalue weighted by Crippen LogP contribution is -2.03. The minimum absolute atomic E-state index is 0.0895. The highest BCUT2D eigenvalue weighted by atomic mass is 35.5. The van der Waals surface area contributed by atoms with E-state index in [0.717, 1.165) is 0 Å². The lowest BCUT2D eigenvalue weighted by Gasteiger charge is -2.00. The first-order chi connectivity index (χ1) is 4.56. The van der Waals surface area contributed by atoms with E-state index < -0.39 is 0 Å². The molecular formula is C6H10Cl4. The summed E-state index contributed by atoms with van der Waals surface area (Å²) >= 11 is 20.7. The van der Waals surface area contributed by atoms with Gasteiger partial charge in [0.15, 0.2) is 0 Å². The van der Waals surface area contributed by atoms with Gasteiger partial charge in [-0.15, -0.1) is 23.2 Å². The highest BCUT2D eigenvalue weighted by Gasteiger charge is 2.01.